The minimum absolute atomic E-state index is 0.100. The first-order chi connectivity index (χ1) is 12.4. The van der Waals surface area contributed by atoms with Crippen LogP contribution in [0.15, 0.2) is 24.4 Å². The molecule has 1 aliphatic heterocycles. The van der Waals surface area contributed by atoms with Crippen LogP contribution in [0.2, 0.25) is 0 Å². The fourth-order valence-electron chi connectivity index (χ4n) is 3.07. The average molecular weight is 368 g/mol. The van der Waals surface area contributed by atoms with E-state index < -0.39 is 12.1 Å². The summed E-state index contributed by atoms with van der Waals surface area (Å²) in [6.07, 6.45) is -1.24. The van der Waals surface area contributed by atoms with Crippen LogP contribution in [0.5, 0.6) is 11.6 Å². The highest BCUT2D eigenvalue weighted by Gasteiger charge is 2.42. The zero-order valence-electron chi connectivity index (χ0n) is 14.2. The lowest BCUT2D eigenvalue weighted by atomic mass is 10.0. The van der Waals surface area contributed by atoms with Gasteiger partial charge in [-0.2, -0.15) is 13.2 Å². The molecule has 26 heavy (non-hydrogen) atoms. The van der Waals surface area contributed by atoms with Crippen molar-refractivity contribution in [3.8, 4) is 11.6 Å². The Morgan fingerprint density at radius 3 is 2.62 bits per heavy atom. The van der Waals surface area contributed by atoms with E-state index >= 15 is 0 Å². The summed E-state index contributed by atoms with van der Waals surface area (Å²) >= 11 is 0. The van der Waals surface area contributed by atoms with Crippen LogP contribution in [0.1, 0.15) is 25.3 Å². The first-order valence-corrected chi connectivity index (χ1v) is 8.47. The van der Waals surface area contributed by atoms with Crippen molar-refractivity contribution in [3.05, 3.63) is 30.0 Å². The van der Waals surface area contributed by atoms with E-state index in [9.17, 15) is 18.0 Å². The molecule has 1 aromatic carbocycles. The van der Waals surface area contributed by atoms with Crippen LogP contribution in [-0.2, 0) is 11.2 Å². The Hall–Kier alpha value is -2.35. The summed E-state index contributed by atoms with van der Waals surface area (Å²) in [5.74, 6) is -1.94. The van der Waals surface area contributed by atoms with E-state index in [1.165, 1.54) is 6.20 Å². The first kappa shape index (κ1) is 18.4. The maximum atomic E-state index is 12.5. The van der Waals surface area contributed by atoms with E-state index in [0.29, 0.717) is 22.9 Å². The summed E-state index contributed by atoms with van der Waals surface area (Å²) in [6.45, 7) is 3.72. The second kappa shape index (κ2) is 7.49. The number of esters is 1. The number of carbonyl (C=O) groups excluding carboxylic acids is 1. The smallest absolute Gasteiger partial charge is 0.490 e. The summed E-state index contributed by atoms with van der Waals surface area (Å²) in [7, 11) is 0. The van der Waals surface area contributed by atoms with Crippen LogP contribution in [-0.4, -0.2) is 36.3 Å². The van der Waals surface area contributed by atoms with Gasteiger partial charge in [0.15, 0.2) is 0 Å². The third-order valence-electron chi connectivity index (χ3n) is 4.33. The van der Waals surface area contributed by atoms with Crippen molar-refractivity contribution in [3.63, 3.8) is 0 Å². The van der Waals surface area contributed by atoms with E-state index in [-0.39, 0.29) is 12.0 Å². The molecule has 0 spiro atoms. The van der Waals surface area contributed by atoms with Crippen LogP contribution >= 0.6 is 0 Å². The van der Waals surface area contributed by atoms with Gasteiger partial charge in [-0.3, -0.25) is 0 Å². The quantitative estimate of drug-likeness (QED) is 0.839. The number of halogens is 3. The Balaban J connectivity index is 1.95. The highest BCUT2D eigenvalue weighted by atomic mass is 19.4. The van der Waals surface area contributed by atoms with E-state index in [1.54, 1.807) is 18.2 Å². The number of fused-ring (bicyclic) bond motifs is 1. The fraction of sp³-hybridized carbons (Fsp3) is 0.444. The van der Waals surface area contributed by atoms with E-state index in [2.05, 4.69) is 15.0 Å². The molecule has 1 saturated heterocycles. The Kier molecular flexibility index (Phi) is 5.31. The van der Waals surface area contributed by atoms with Gasteiger partial charge in [0.2, 0.25) is 5.88 Å². The van der Waals surface area contributed by atoms with Crippen LogP contribution in [0.3, 0.4) is 0 Å². The van der Waals surface area contributed by atoms with Crippen molar-refractivity contribution >= 4 is 16.7 Å². The summed E-state index contributed by atoms with van der Waals surface area (Å²) in [4.78, 5) is 14.9. The van der Waals surface area contributed by atoms with Gasteiger partial charge in [0, 0.05) is 17.1 Å². The summed E-state index contributed by atoms with van der Waals surface area (Å²) < 4.78 is 48.0. The number of rotatable bonds is 4. The predicted molar refractivity (Wildman–Crippen MR) is 89.3 cm³/mol. The lowest BCUT2D eigenvalue weighted by Gasteiger charge is -2.25. The molecule has 1 aromatic heterocycles. The zero-order chi connectivity index (χ0) is 18.7. The molecule has 1 aliphatic rings. The van der Waals surface area contributed by atoms with Gasteiger partial charge in [0.25, 0.3) is 0 Å². The number of aromatic nitrogens is 1. The maximum Gasteiger partial charge on any atom is 0.491 e. The van der Waals surface area contributed by atoms with Crippen molar-refractivity contribution in [2.45, 2.75) is 38.5 Å². The van der Waals surface area contributed by atoms with Gasteiger partial charge in [-0.15, -0.1) is 0 Å². The van der Waals surface area contributed by atoms with Gasteiger partial charge in [-0.05, 0) is 55.9 Å². The molecule has 1 N–H and O–H groups in total. The van der Waals surface area contributed by atoms with Gasteiger partial charge in [-0.25, -0.2) is 9.78 Å². The highest BCUT2D eigenvalue weighted by molar-refractivity contribution is 5.93. The van der Waals surface area contributed by atoms with E-state index in [1.807, 2.05) is 6.92 Å². The standard InChI is InChI=1S/C18H19F3N2O3/c1-2-12-13-7-10-23-16(26-17(24)18(19,20)21)14(13)3-4-15(12)25-11-5-8-22-9-6-11/h3-4,7,10-11,22H,2,5-6,8-9H2,1H3. The minimum atomic E-state index is -5.07. The molecule has 1 fully saturated rings. The topological polar surface area (TPSA) is 60.5 Å². The molecular weight excluding hydrogens is 349 g/mol. The molecule has 0 bridgehead atoms. The minimum Gasteiger partial charge on any atom is -0.490 e. The second-order valence-electron chi connectivity index (χ2n) is 6.06. The molecule has 0 unspecified atom stereocenters. The number of pyridine rings is 1. The first-order valence-electron chi connectivity index (χ1n) is 8.47. The maximum absolute atomic E-state index is 12.5. The molecule has 2 aromatic rings. The summed E-state index contributed by atoms with van der Waals surface area (Å²) in [6, 6.07) is 4.97. The number of hydrogen-bond acceptors (Lipinski definition) is 5. The number of ether oxygens (including phenoxy) is 2. The molecule has 0 aliphatic carbocycles. The Bertz CT molecular complexity index is 802. The molecule has 0 saturated carbocycles. The zero-order valence-corrected chi connectivity index (χ0v) is 14.2. The summed E-state index contributed by atoms with van der Waals surface area (Å²) in [5, 5.41) is 4.28. The van der Waals surface area contributed by atoms with E-state index in [4.69, 9.17) is 4.74 Å². The molecule has 8 heteroatoms. The highest BCUT2D eigenvalue weighted by Crippen LogP contribution is 2.34. The molecule has 5 nitrogen and oxygen atoms in total. The number of piperidine rings is 1. The molecule has 0 atom stereocenters. The van der Waals surface area contributed by atoms with Crippen LogP contribution in [0, 0.1) is 0 Å². The normalized spacial score (nSPS) is 15.8. The van der Waals surface area contributed by atoms with Crippen molar-refractivity contribution in [1.29, 1.82) is 0 Å². The van der Waals surface area contributed by atoms with Gasteiger partial charge >= 0.3 is 12.1 Å². The number of hydrogen-bond donors (Lipinski definition) is 1. The molecule has 2 heterocycles. The number of alkyl halides is 3. The van der Waals surface area contributed by atoms with Gasteiger partial charge in [0.05, 0.1) is 0 Å². The third-order valence-corrected chi connectivity index (χ3v) is 4.33. The van der Waals surface area contributed by atoms with Gasteiger partial charge in [-0.1, -0.05) is 6.92 Å². The second-order valence-corrected chi connectivity index (χ2v) is 6.06. The monoisotopic (exact) mass is 368 g/mol. The predicted octanol–water partition coefficient (Wildman–Crippen LogP) is 3.40. The summed E-state index contributed by atoms with van der Waals surface area (Å²) in [5.41, 5.74) is 0.854. The number of aryl methyl sites for hydroxylation is 1. The number of carbonyl (C=O) groups is 1. The SMILES string of the molecule is CCc1c(OC2CCNCC2)ccc2c(OC(=O)C(F)(F)F)nccc12. The van der Waals surface area contributed by atoms with Crippen LogP contribution in [0.25, 0.3) is 10.8 Å². The Labute approximate surface area is 148 Å². The van der Waals surface area contributed by atoms with Gasteiger partial charge < -0.3 is 14.8 Å². The number of benzene rings is 1. The largest absolute Gasteiger partial charge is 0.491 e. The molecule has 3 rings (SSSR count). The van der Waals surface area contributed by atoms with Gasteiger partial charge in [0.1, 0.15) is 11.9 Å². The fourth-order valence-corrected chi connectivity index (χ4v) is 3.07. The Morgan fingerprint density at radius 2 is 1.96 bits per heavy atom. The van der Waals surface area contributed by atoms with Crippen molar-refractivity contribution < 1.29 is 27.4 Å². The van der Waals surface area contributed by atoms with Crippen molar-refractivity contribution in [2.75, 3.05) is 13.1 Å². The molecular formula is C18H19F3N2O3. The lowest BCUT2D eigenvalue weighted by Crippen LogP contribution is -2.34. The van der Waals surface area contributed by atoms with Crippen LogP contribution < -0.4 is 14.8 Å². The third kappa shape index (κ3) is 3.90. The van der Waals surface area contributed by atoms with Crippen molar-refractivity contribution in [2.24, 2.45) is 0 Å². The molecule has 0 amide bonds. The molecule has 0 radical (unpaired) electrons. The van der Waals surface area contributed by atoms with Crippen LogP contribution in [0.4, 0.5) is 13.2 Å². The lowest BCUT2D eigenvalue weighted by molar-refractivity contribution is -0.189. The Morgan fingerprint density at radius 1 is 1.23 bits per heavy atom. The average Bonchev–Trinajstić information content (AvgIpc) is 2.61. The molecule has 140 valence electrons. The van der Waals surface area contributed by atoms with Crippen molar-refractivity contribution in [1.82, 2.24) is 10.3 Å². The number of nitrogens with one attached hydrogen (secondary N) is 1. The number of nitrogens with zero attached hydrogens (tertiary/aromatic N) is 1. The van der Waals surface area contributed by atoms with E-state index in [0.717, 1.165) is 31.5 Å².